The molecule has 7 nitrogen and oxygen atoms in total. The van der Waals surface area contributed by atoms with E-state index in [1.807, 2.05) is 36.4 Å². The normalized spacial score (nSPS) is 16.5. The third-order valence-corrected chi connectivity index (χ3v) is 6.50. The predicted molar refractivity (Wildman–Crippen MR) is 112 cm³/mol. The average Bonchev–Trinajstić information content (AvgIpc) is 3.54. The highest BCUT2D eigenvalue weighted by molar-refractivity contribution is 7.98. The summed E-state index contributed by atoms with van der Waals surface area (Å²) < 4.78 is 13.8. The molecule has 29 heavy (non-hydrogen) atoms. The van der Waals surface area contributed by atoms with Gasteiger partial charge in [-0.25, -0.2) is 0 Å². The zero-order valence-corrected chi connectivity index (χ0v) is 17.2. The van der Waals surface area contributed by atoms with Crippen LogP contribution in [-0.2, 0) is 17.0 Å². The van der Waals surface area contributed by atoms with Crippen LogP contribution in [0.3, 0.4) is 0 Å². The van der Waals surface area contributed by atoms with Gasteiger partial charge in [-0.15, -0.1) is 31.7 Å². The SMILES string of the molecule is c1ccc(-c2nnc(CSc3nnc(-c4cccs4)n3CC3CCCO3)o2)cc1. The molecule has 1 unspecified atom stereocenters. The van der Waals surface area contributed by atoms with Gasteiger partial charge in [0.25, 0.3) is 0 Å². The second kappa shape index (κ2) is 8.48. The van der Waals surface area contributed by atoms with Crippen LogP contribution in [0.15, 0.2) is 57.4 Å². The minimum absolute atomic E-state index is 0.206. The maximum atomic E-state index is 5.85. The third kappa shape index (κ3) is 4.12. The quantitative estimate of drug-likeness (QED) is 0.403. The number of ether oxygens (including phenoxy) is 1. The van der Waals surface area contributed by atoms with Crippen molar-refractivity contribution in [3.63, 3.8) is 0 Å². The molecule has 1 aliphatic heterocycles. The molecule has 3 aromatic heterocycles. The molecule has 1 aromatic carbocycles. The number of hydrogen-bond donors (Lipinski definition) is 0. The van der Waals surface area contributed by atoms with Crippen LogP contribution in [0.25, 0.3) is 22.2 Å². The van der Waals surface area contributed by atoms with Crippen molar-refractivity contribution < 1.29 is 9.15 Å². The van der Waals surface area contributed by atoms with Gasteiger partial charge in [-0.3, -0.25) is 4.57 Å². The first-order chi connectivity index (χ1) is 14.4. The Morgan fingerprint density at radius 3 is 2.79 bits per heavy atom. The highest BCUT2D eigenvalue weighted by atomic mass is 32.2. The van der Waals surface area contributed by atoms with Gasteiger partial charge in [0, 0.05) is 12.2 Å². The van der Waals surface area contributed by atoms with E-state index in [2.05, 4.69) is 36.4 Å². The van der Waals surface area contributed by atoms with Crippen molar-refractivity contribution in [3.8, 4) is 22.2 Å². The van der Waals surface area contributed by atoms with Crippen LogP contribution in [0.1, 0.15) is 18.7 Å². The lowest BCUT2D eigenvalue weighted by atomic mass is 10.2. The van der Waals surface area contributed by atoms with E-state index < -0.39 is 0 Å². The highest BCUT2D eigenvalue weighted by Crippen LogP contribution is 2.30. The molecular formula is C20H19N5O2S2. The van der Waals surface area contributed by atoms with Crippen molar-refractivity contribution in [1.82, 2.24) is 25.0 Å². The first-order valence-electron chi connectivity index (χ1n) is 9.46. The van der Waals surface area contributed by atoms with E-state index >= 15 is 0 Å². The van der Waals surface area contributed by atoms with Crippen molar-refractivity contribution in [2.45, 2.75) is 36.4 Å². The van der Waals surface area contributed by atoms with Gasteiger partial charge >= 0.3 is 0 Å². The second-order valence-electron chi connectivity index (χ2n) is 6.68. The van der Waals surface area contributed by atoms with Crippen LogP contribution >= 0.6 is 23.1 Å². The summed E-state index contributed by atoms with van der Waals surface area (Å²) in [4.78, 5) is 1.10. The van der Waals surface area contributed by atoms with Gasteiger partial charge in [-0.1, -0.05) is 36.0 Å². The predicted octanol–water partition coefficient (Wildman–Crippen LogP) is 4.53. The van der Waals surface area contributed by atoms with Crippen molar-refractivity contribution in [1.29, 1.82) is 0 Å². The van der Waals surface area contributed by atoms with Crippen molar-refractivity contribution in [2.24, 2.45) is 0 Å². The molecule has 0 spiro atoms. The number of benzene rings is 1. The molecule has 0 saturated carbocycles. The van der Waals surface area contributed by atoms with Gasteiger partial charge in [0.1, 0.15) is 0 Å². The first-order valence-corrected chi connectivity index (χ1v) is 11.3. The van der Waals surface area contributed by atoms with Gasteiger partial charge < -0.3 is 9.15 Å². The molecule has 1 atom stereocenters. The largest absolute Gasteiger partial charge is 0.420 e. The van der Waals surface area contributed by atoms with Crippen LogP contribution < -0.4 is 0 Å². The van der Waals surface area contributed by atoms with Crippen LogP contribution in [0.5, 0.6) is 0 Å². The Hall–Kier alpha value is -2.49. The minimum atomic E-state index is 0.206. The first kappa shape index (κ1) is 18.5. The monoisotopic (exact) mass is 425 g/mol. The van der Waals surface area contributed by atoms with Crippen LogP contribution in [0, 0.1) is 0 Å². The topological polar surface area (TPSA) is 78.9 Å². The van der Waals surface area contributed by atoms with Crippen LogP contribution in [-0.4, -0.2) is 37.7 Å². The second-order valence-corrected chi connectivity index (χ2v) is 8.57. The Morgan fingerprint density at radius 2 is 2.00 bits per heavy atom. The molecule has 1 saturated heterocycles. The molecule has 0 radical (unpaired) electrons. The molecule has 148 valence electrons. The standard InChI is InChI=1S/C20H19N5O2S2/c1-2-6-14(7-3-1)19-23-21-17(27-19)13-29-20-24-22-18(16-9-5-11-28-16)25(20)12-15-8-4-10-26-15/h1-3,5-7,9,11,15H,4,8,10,12-13H2. The van der Waals surface area contributed by atoms with E-state index in [9.17, 15) is 0 Å². The van der Waals surface area contributed by atoms with Gasteiger partial charge in [-0.05, 0) is 36.4 Å². The Bertz CT molecular complexity index is 1060. The van der Waals surface area contributed by atoms with E-state index in [0.29, 0.717) is 17.5 Å². The van der Waals surface area contributed by atoms with Crippen LogP contribution in [0.2, 0.25) is 0 Å². The highest BCUT2D eigenvalue weighted by Gasteiger charge is 2.22. The summed E-state index contributed by atoms with van der Waals surface area (Å²) in [5.74, 6) is 2.52. The van der Waals surface area contributed by atoms with Gasteiger partial charge in [0.2, 0.25) is 11.8 Å². The molecule has 1 aliphatic rings. The number of rotatable bonds is 7. The molecule has 0 aliphatic carbocycles. The van der Waals surface area contributed by atoms with Crippen molar-refractivity contribution in [2.75, 3.05) is 6.61 Å². The summed E-state index contributed by atoms with van der Waals surface area (Å²) in [6, 6.07) is 13.9. The Balaban J connectivity index is 1.35. The summed E-state index contributed by atoms with van der Waals surface area (Å²) in [5.41, 5.74) is 0.915. The summed E-state index contributed by atoms with van der Waals surface area (Å²) in [5, 5.41) is 20.1. The van der Waals surface area contributed by atoms with Gasteiger partial charge in [-0.2, -0.15) is 0 Å². The molecule has 0 bridgehead atoms. The fourth-order valence-electron chi connectivity index (χ4n) is 3.28. The molecule has 0 amide bonds. The van der Waals surface area contributed by atoms with Gasteiger partial charge in [0.05, 0.1) is 23.3 Å². The molecule has 4 aromatic rings. The van der Waals surface area contributed by atoms with E-state index in [1.54, 1.807) is 23.1 Å². The summed E-state index contributed by atoms with van der Waals surface area (Å²) >= 11 is 3.21. The van der Waals surface area contributed by atoms with E-state index in [1.165, 1.54) is 0 Å². The summed E-state index contributed by atoms with van der Waals surface area (Å²) in [6.45, 7) is 1.58. The molecule has 0 N–H and O–H groups in total. The zero-order valence-electron chi connectivity index (χ0n) is 15.6. The lowest BCUT2D eigenvalue weighted by Gasteiger charge is -2.13. The fraction of sp³-hybridized carbons (Fsp3) is 0.300. The van der Waals surface area contributed by atoms with Crippen molar-refractivity contribution >= 4 is 23.1 Å². The lowest BCUT2D eigenvalue weighted by molar-refractivity contribution is 0.0953. The Labute approximate surface area is 176 Å². The minimum Gasteiger partial charge on any atom is -0.420 e. The smallest absolute Gasteiger partial charge is 0.247 e. The molecule has 1 fully saturated rings. The summed E-state index contributed by atoms with van der Waals surface area (Å²) in [6.07, 6.45) is 2.38. The Kier molecular flexibility index (Phi) is 5.42. The average molecular weight is 426 g/mol. The van der Waals surface area contributed by atoms with E-state index in [4.69, 9.17) is 9.15 Å². The van der Waals surface area contributed by atoms with Gasteiger partial charge in [0.15, 0.2) is 11.0 Å². The number of nitrogens with zero attached hydrogens (tertiary/aromatic N) is 5. The maximum absolute atomic E-state index is 5.85. The molecular weight excluding hydrogens is 406 g/mol. The number of aromatic nitrogens is 5. The maximum Gasteiger partial charge on any atom is 0.247 e. The number of hydrogen-bond acceptors (Lipinski definition) is 8. The lowest BCUT2D eigenvalue weighted by Crippen LogP contribution is -2.16. The fourth-order valence-corrected chi connectivity index (χ4v) is 4.78. The summed E-state index contributed by atoms with van der Waals surface area (Å²) in [7, 11) is 0. The number of thiophene rings is 1. The van der Waals surface area contributed by atoms with Crippen LogP contribution in [0.4, 0.5) is 0 Å². The molecule has 9 heteroatoms. The van der Waals surface area contributed by atoms with Crippen molar-refractivity contribution in [3.05, 3.63) is 53.7 Å². The van der Waals surface area contributed by atoms with E-state index in [0.717, 1.165) is 47.4 Å². The Morgan fingerprint density at radius 1 is 1.07 bits per heavy atom. The molecule has 5 rings (SSSR count). The van der Waals surface area contributed by atoms with E-state index in [-0.39, 0.29) is 6.10 Å². The third-order valence-electron chi connectivity index (χ3n) is 4.68. The molecule has 4 heterocycles. The number of thioether (sulfide) groups is 1. The zero-order chi connectivity index (χ0) is 19.5.